The van der Waals surface area contributed by atoms with Crippen LogP contribution < -0.4 is 5.32 Å². The molecule has 0 spiro atoms. The van der Waals surface area contributed by atoms with Crippen LogP contribution in [0.2, 0.25) is 0 Å². The fourth-order valence-corrected chi connectivity index (χ4v) is 6.71. The summed E-state index contributed by atoms with van der Waals surface area (Å²) in [4.78, 5) is 41.3. The molecule has 2 N–H and O–H groups in total. The number of carboxylic acids is 1. The molecule has 0 aliphatic carbocycles. The van der Waals surface area contributed by atoms with E-state index in [1.165, 1.54) is 4.90 Å². The van der Waals surface area contributed by atoms with Gasteiger partial charge < -0.3 is 20.1 Å². The van der Waals surface area contributed by atoms with Crippen molar-refractivity contribution in [2.45, 2.75) is 81.7 Å². The summed E-state index contributed by atoms with van der Waals surface area (Å²) in [6, 6.07) is 17.2. The van der Waals surface area contributed by atoms with Crippen LogP contribution in [0.4, 0.5) is 4.79 Å². The van der Waals surface area contributed by atoms with Gasteiger partial charge in [0.2, 0.25) is 5.91 Å². The SMILES string of the molecule is C=CCCCC[C@H](NC(=O)OC(C)(C)C)C(=O)N1C[C@](SCC=C)(c2ccc(-c3ccccc3)cc2)C[C@@]1(C)C(=O)O. The van der Waals surface area contributed by atoms with Gasteiger partial charge in [-0.25, -0.2) is 9.59 Å². The number of hydrogen-bond acceptors (Lipinski definition) is 5. The number of ether oxygens (including phenoxy) is 1. The number of unbranched alkanes of at least 4 members (excludes halogenated alkanes) is 2. The molecule has 3 atom stereocenters. The Balaban J connectivity index is 1.98. The molecule has 226 valence electrons. The Morgan fingerprint density at radius 2 is 1.69 bits per heavy atom. The third-order valence-corrected chi connectivity index (χ3v) is 8.97. The first-order valence-electron chi connectivity index (χ1n) is 14.4. The van der Waals surface area contributed by atoms with Gasteiger partial charge in [0, 0.05) is 18.7 Å². The average Bonchev–Trinajstić information content (AvgIpc) is 3.27. The van der Waals surface area contributed by atoms with Gasteiger partial charge in [-0.1, -0.05) is 73.2 Å². The van der Waals surface area contributed by atoms with Crippen LogP contribution in [0.15, 0.2) is 79.9 Å². The van der Waals surface area contributed by atoms with Gasteiger partial charge in [-0.3, -0.25) is 4.79 Å². The molecule has 42 heavy (non-hydrogen) atoms. The lowest BCUT2D eigenvalue weighted by molar-refractivity contribution is -0.156. The smallest absolute Gasteiger partial charge is 0.408 e. The van der Waals surface area contributed by atoms with Crippen molar-refractivity contribution in [1.82, 2.24) is 10.2 Å². The molecule has 0 unspecified atom stereocenters. The summed E-state index contributed by atoms with van der Waals surface area (Å²) in [7, 11) is 0. The van der Waals surface area contributed by atoms with Crippen molar-refractivity contribution >= 4 is 29.7 Å². The fourth-order valence-electron chi connectivity index (χ4n) is 5.37. The number of hydrogen-bond donors (Lipinski definition) is 2. The van der Waals surface area contributed by atoms with Crippen LogP contribution in [-0.4, -0.2) is 57.5 Å². The molecule has 1 saturated heterocycles. The van der Waals surface area contributed by atoms with E-state index in [0.29, 0.717) is 18.6 Å². The van der Waals surface area contributed by atoms with Gasteiger partial charge in [-0.05, 0) is 63.6 Å². The number of likely N-dealkylation sites (tertiary alicyclic amines) is 1. The van der Waals surface area contributed by atoms with Gasteiger partial charge in [0.05, 0.1) is 4.75 Å². The molecule has 7 nitrogen and oxygen atoms in total. The quantitative estimate of drug-likeness (QED) is 0.189. The van der Waals surface area contributed by atoms with Crippen LogP contribution in [0.25, 0.3) is 11.1 Å². The molecule has 0 radical (unpaired) electrons. The van der Waals surface area contributed by atoms with Crippen molar-refractivity contribution in [3.63, 3.8) is 0 Å². The maximum atomic E-state index is 14.2. The summed E-state index contributed by atoms with van der Waals surface area (Å²) < 4.78 is 4.76. The molecule has 8 heteroatoms. The highest BCUT2D eigenvalue weighted by Crippen LogP contribution is 2.51. The second-order valence-electron chi connectivity index (χ2n) is 12.0. The first-order valence-corrected chi connectivity index (χ1v) is 15.4. The van der Waals surface area contributed by atoms with Crippen molar-refractivity contribution in [2.75, 3.05) is 12.3 Å². The molecular weight excluding hydrogens is 548 g/mol. The molecule has 2 amide bonds. The van der Waals surface area contributed by atoms with E-state index >= 15 is 0 Å². The van der Waals surface area contributed by atoms with Gasteiger partial charge in [0.25, 0.3) is 0 Å². The van der Waals surface area contributed by atoms with Crippen LogP contribution in [0.5, 0.6) is 0 Å². The number of carboxylic acid groups (broad SMARTS) is 1. The summed E-state index contributed by atoms with van der Waals surface area (Å²) in [5, 5.41) is 13.3. The van der Waals surface area contributed by atoms with Crippen molar-refractivity contribution in [2.24, 2.45) is 0 Å². The number of aliphatic carboxylic acids is 1. The number of rotatable bonds is 13. The van der Waals surface area contributed by atoms with Crippen LogP contribution in [-0.2, 0) is 19.1 Å². The Labute approximate surface area is 254 Å². The zero-order chi connectivity index (χ0) is 31.0. The molecule has 0 bridgehead atoms. The summed E-state index contributed by atoms with van der Waals surface area (Å²) >= 11 is 1.59. The van der Waals surface area contributed by atoms with Crippen LogP contribution >= 0.6 is 11.8 Å². The highest BCUT2D eigenvalue weighted by atomic mass is 32.2. The Morgan fingerprint density at radius 1 is 1.05 bits per heavy atom. The highest BCUT2D eigenvalue weighted by Gasteiger charge is 2.58. The lowest BCUT2D eigenvalue weighted by Crippen LogP contribution is -2.57. The van der Waals surface area contributed by atoms with E-state index in [1.54, 1.807) is 45.5 Å². The number of allylic oxidation sites excluding steroid dienone is 1. The highest BCUT2D eigenvalue weighted by molar-refractivity contribution is 8.00. The predicted octanol–water partition coefficient (Wildman–Crippen LogP) is 7.18. The second kappa shape index (κ2) is 14.1. The monoisotopic (exact) mass is 592 g/mol. The number of nitrogens with zero attached hydrogens (tertiary/aromatic N) is 1. The van der Waals surface area contributed by atoms with Crippen molar-refractivity contribution in [3.05, 3.63) is 85.5 Å². The molecule has 1 heterocycles. The molecular formula is C34H44N2O5S. The first kappa shape index (κ1) is 33.0. The summed E-state index contributed by atoms with van der Waals surface area (Å²) in [6.07, 6.45) is 5.71. The average molecular weight is 593 g/mol. The maximum absolute atomic E-state index is 14.2. The predicted molar refractivity (Wildman–Crippen MR) is 170 cm³/mol. The lowest BCUT2D eigenvalue weighted by atomic mass is 9.88. The minimum Gasteiger partial charge on any atom is -0.480 e. The van der Waals surface area contributed by atoms with Crippen molar-refractivity contribution in [1.29, 1.82) is 0 Å². The minimum absolute atomic E-state index is 0.178. The van der Waals surface area contributed by atoms with E-state index in [1.807, 2.05) is 60.7 Å². The minimum atomic E-state index is -1.49. The molecule has 3 rings (SSSR count). The van der Waals surface area contributed by atoms with Gasteiger partial charge in [-0.15, -0.1) is 24.9 Å². The van der Waals surface area contributed by atoms with Crippen LogP contribution in [0.1, 0.15) is 65.4 Å². The normalized spacial score (nSPS) is 20.9. The van der Waals surface area contributed by atoms with Crippen LogP contribution in [0, 0.1) is 0 Å². The lowest BCUT2D eigenvalue weighted by Gasteiger charge is -2.34. The van der Waals surface area contributed by atoms with Crippen LogP contribution in [0.3, 0.4) is 0 Å². The molecule has 1 aliphatic heterocycles. The number of carbonyl (C=O) groups excluding carboxylic acids is 2. The number of nitrogens with one attached hydrogen (secondary N) is 1. The molecule has 0 saturated carbocycles. The Kier molecular flexibility index (Phi) is 11.1. The molecule has 0 aromatic heterocycles. The van der Waals surface area contributed by atoms with E-state index in [4.69, 9.17) is 4.74 Å². The number of thioether (sulfide) groups is 1. The van der Waals surface area contributed by atoms with Gasteiger partial charge >= 0.3 is 12.1 Å². The van der Waals surface area contributed by atoms with Crippen molar-refractivity contribution in [3.8, 4) is 11.1 Å². The van der Waals surface area contributed by atoms with Gasteiger partial charge in [-0.2, -0.15) is 0 Å². The zero-order valence-corrected chi connectivity index (χ0v) is 26.0. The van der Waals surface area contributed by atoms with Crippen molar-refractivity contribution < 1.29 is 24.2 Å². The number of benzene rings is 2. The van der Waals surface area contributed by atoms with Gasteiger partial charge in [0.1, 0.15) is 17.2 Å². The fraction of sp³-hybridized carbons (Fsp3) is 0.441. The topological polar surface area (TPSA) is 95.9 Å². The van der Waals surface area contributed by atoms with E-state index in [9.17, 15) is 19.5 Å². The third-order valence-electron chi connectivity index (χ3n) is 7.50. The zero-order valence-electron chi connectivity index (χ0n) is 25.2. The summed E-state index contributed by atoms with van der Waals surface area (Å²) in [5.74, 6) is -0.925. The number of alkyl carbamates (subject to hydrolysis) is 1. The van der Waals surface area contributed by atoms with E-state index < -0.39 is 39.9 Å². The largest absolute Gasteiger partial charge is 0.480 e. The van der Waals surface area contributed by atoms with Gasteiger partial charge in [0.15, 0.2) is 0 Å². The Morgan fingerprint density at radius 3 is 2.26 bits per heavy atom. The standard InChI is InChI=1S/C34H44N2O5S/c1-7-9-10-14-17-28(35-31(40)41-32(3,4)5)29(37)36-24-34(42-22-8-2,23-33(36,6)30(38)39)27-20-18-26(19-21-27)25-15-12-11-13-16-25/h7-8,11-13,15-16,18-21,28H,1-2,9-10,14,17,22-24H2,3-6H3,(H,35,40)(H,38,39)/t28-,33-,34-/m0/s1. The summed E-state index contributed by atoms with van der Waals surface area (Å²) in [6.45, 7) is 14.7. The summed E-state index contributed by atoms with van der Waals surface area (Å²) in [5.41, 5.74) is 0.850. The van der Waals surface area contributed by atoms with E-state index in [-0.39, 0.29) is 13.0 Å². The number of carbonyl (C=O) groups is 3. The molecule has 1 fully saturated rings. The molecule has 1 aliphatic rings. The first-order chi connectivity index (χ1) is 19.8. The molecule has 2 aromatic rings. The second-order valence-corrected chi connectivity index (χ2v) is 13.4. The number of amides is 2. The van der Waals surface area contributed by atoms with E-state index in [2.05, 4.69) is 18.5 Å². The maximum Gasteiger partial charge on any atom is 0.408 e. The van der Waals surface area contributed by atoms with E-state index in [0.717, 1.165) is 29.5 Å². The Bertz CT molecular complexity index is 1260. The Hall–Kier alpha value is -3.52. The molecule has 2 aromatic carbocycles. The third kappa shape index (κ3) is 8.06.